The number of carbonyl (C=O) groups is 2. The number of halogens is 1. The summed E-state index contributed by atoms with van der Waals surface area (Å²) >= 11 is 0. The lowest BCUT2D eigenvalue weighted by atomic mass is 9.94. The Bertz CT molecular complexity index is 1340. The molecule has 0 saturated heterocycles. The van der Waals surface area contributed by atoms with Gasteiger partial charge in [0.05, 0.1) is 6.61 Å². The highest BCUT2D eigenvalue weighted by Gasteiger charge is 2.18. The van der Waals surface area contributed by atoms with Crippen LogP contribution in [0.1, 0.15) is 30.8 Å². The highest BCUT2D eigenvalue weighted by Crippen LogP contribution is 2.32. The third kappa shape index (κ3) is 6.98. The van der Waals surface area contributed by atoms with Gasteiger partial charge in [0, 0.05) is 31.4 Å². The summed E-state index contributed by atoms with van der Waals surface area (Å²) in [6.07, 6.45) is 1.89. The molecule has 0 unspecified atom stereocenters. The van der Waals surface area contributed by atoms with Crippen LogP contribution in [0.3, 0.4) is 0 Å². The van der Waals surface area contributed by atoms with E-state index in [1.54, 1.807) is 7.11 Å². The number of carboxylic acid groups (broad SMARTS) is 1. The number of carbonyl (C=O) groups excluding carboxylic acids is 1. The number of amides is 1. The number of aryl methyl sites for hydroxylation is 1. The van der Waals surface area contributed by atoms with Gasteiger partial charge in [-0.15, -0.1) is 0 Å². The van der Waals surface area contributed by atoms with Crippen molar-refractivity contribution in [2.24, 2.45) is 5.92 Å². The molecule has 1 amide bonds. The maximum absolute atomic E-state index is 14.6. The number of methoxy groups -OCH3 is 1. The van der Waals surface area contributed by atoms with Crippen LogP contribution in [0.25, 0.3) is 28.2 Å². The van der Waals surface area contributed by atoms with E-state index in [1.165, 1.54) is 7.05 Å². The molecule has 9 heteroatoms. The maximum atomic E-state index is 14.6. The molecule has 0 fully saturated rings. The molecule has 1 heterocycles. The van der Waals surface area contributed by atoms with Crippen molar-refractivity contribution in [1.82, 2.24) is 15.0 Å². The number of hydrogen-bond donors (Lipinski definition) is 1. The predicted molar refractivity (Wildman–Crippen MR) is 138 cm³/mol. The predicted octanol–water partition coefficient (Wildman–Crippen LogP) is 5.29. The number of hydrogen-bond acceptors (Lipinski definition) is 6. The Labute approximate surface area is 215 Å². The first-order valence-corrected chi connectivity index (χ1v) is 11.7. The van der Waals surface area contributed by atoms with Gasteiger partial charge < -0.3 is 19.3 Å². The number of aromatic nitrogens is 2. The molecule has 0 radical (unpaired) electrons. The summed E-state index contributed by atoms with van der Waals surface area (Å²) < 4.78 is 25.6. The second-order valence-electron chi connectivity index (χ2n) is 8.91. The molecule has 0 saturated carbocycles. The average Bonchev–Trinajstić information content (AvgIpc) is 3.32. The van der Waals surface area contributed by atoms with Gasteiger partial charge in [-0.05, 0) is 53.3 Å². The summed E-state index contributed by atoms with van der Waals surface area (Å²) in [7, 11) is 2.91. The lowest BCUT2D eigenvalue weighted by molar-refractivity contribution is -0.141. The summed E-state index contributed by atoms with van der Waals surface area (Å²) in [6, 6.07) is 13.9. The zero-order chi connectivity index (χ0) is 27.1. The molecule has 194 valence electrons. The molecule has 37 heavy (non-hydrogen) atoms. The minimum Gasteiger partial charge on any atom is -0.480 e. The van der Waals surface area contributed by atoms with Crippen molar-refractivity contribution >= 4 is 17.4 Å². The van der Waals surface area contributed by atoms with Crippen LogP contribution in [-0.2, 0) is 20.9 Å². The van der Waals surface area contributed by atoms with Crippen LogP contribution in [0.2, 0.25) is 0 Å². The van der Waals surface area contributed by atoms with Crippen LogP contribution >= 0.6 is 0 Å². The number of ether oxygens (including phenoxy) is 1. The normalized spacial score (nSPS) is 12.2. The fourth-order valence-electron chi connectivity index (χ4n) is 3.79. The molecule has 2 aromatic carbocycles. The van der Waals surface area contributed by atoms with E-state index < -0.39 is 24.2 Å². The smallest absolute Gasteiger partial charge is 0.323 e. The first kappa shape index (κ1) is 27.5. The van der Waals surface area contributed by atoms with Crippen molar-refractivity contribution in [3.05, 3.63) is 77.4 Å². The first-order chi connectivity index (χ1) is 17.6. The summed E-state index contributed by atoms with van der Waals surface area (Å²) in [4.78, 5) is 28.2. The van der Waals surface area contributed by atoms with Crippen molar-refractivity contribution in [3.63, 3.8) is 0 Å². The van der Waals surface area contributed by atoms with Crippen LogP contribution in [0.5, 0.6) is 0 Å². The molecule has 3 rings (SSSR count). The number of aliphatic carboxylic acids is 1. The Morgan fingerprint density at radius 3 is 2.54 bits per heavy atom. The van der Waals surface area contributed by atoms with Gasteiger partial charge in [0.1, 0.15) is 12.4 Å². The molecular weight excluding hydrogens is 477 g/mol. The molecular formula is C28H30FN3O5. The highest BCUT2D eigenvalue weighted by atomic mass is 19.1. The second kappa shape index (κ2) is 12.2. The van der Waals surface area contributed by atoms with Gasteiger partial charge in [-0.3, -0.25) is 9.59 Å². The monoisotopic (exact) mass is 507 g/mol. The minimum atomic E-state index is -1.19. The Balaban J connectivity index is 1.93. The van der Waals surface area contributed by atoms with E-state index in [2.05, 4.69) is 29.2 Å². The fourth-order valence-corrected chi connectivity index (χ4v) is 3.79. The van der Waals surface area contributed by atoms with E-state index in [0.29, 0.717) is 17.7 Å². The number of benzene rings is 2. The number of rotatable bonds is 10. The van der Waals surface area contributed by atoms with E-state index in [9.17, 15) is 14.0 Å². The summed E-state index contributed by atoms with van der Waals surface area (Å²) in [5.74, 6) is -2.55. The van der Waals surface area contributed by atoms with E-state index in [-0.39, 0.29) is 17.6 Å². The molecule has 3 aromatic rings. The Kier molecular flexibility index (Phi) is 9.08. The third-order valence-electron chi connectivity index (χ3n) is 5.70. The Morgan fingerprint density at radius 2 is 1.89 bits per heavy atom. The molecule has 0 bridgehead atoms. The summed E-state index contributed by atoms with van der Waals surface area (Å²) in [5, 5.41) is 12.8. The van der Waals surface area contributed by atoms with Crippen LogP contribution in [0, 0.1) is 12.8 Å². The van der Waals surface area contributed by atoms with E-state index >= 15 is 0 Å². The number of carboxylic acids is 1. The largest absolute Gasteiger partial charge is 0.480 e. The second-order valence-corrected chi connectivity index (χ2v) is 8.91. The molecule has 0 spiro atoms. The highest BCUT2D eigenvalue weighted by molar-refractivity contribution is 5.90. The van der Waals surface area contributed by atoms with Crippen molar-refractivity contribution in [2.45, 2.75) is 27.4 Å². The van der Waals surface area contributed by atoms with E-state index in [0.717, 1.165) is 39.3 Å². The molecule has 0 aliphatic rings. The van der Waals surface area contributed by atoms with Gasteiger partial charge in [0.25, 0.3) is 5.89 Å². The van der Waals surface area contributed by atoms with Crippen LogP contribution in [0.15, 0.2) is 65.0 Å². The average molecular weight is 508 g/mol. The number of allylic oxidation sites excluding steroid dienone is 3. The van der Waals surface area contributed by atoms with Gasteiger partial charge in [0.15, 0.2) is 5.82 Å². The van der Waals surface area contributed by atoms with Gasteiger partial charge >= 0.3 is 5.97 Å². The minimum absolute atomic E-state index is 0.191. The van der Waals surface area contributed by atoms with Crippen LogP contribution < -0.4 is 0 Å². The molecule has 0 aliphatic carbocycles. The lowest BCUT2D eigenvalue weighted by Gasteiger charge is -2.12. The fraction of sp³-hybridized carbons (Fsp3) is 0.286. The van der Waals surface area contributed by atoms with Gasteiger partial charge in [-0.2, -0.15) is 4.98 Å². The van der Waals surface area contributed by atoms with Crippen LogP contribution in [-0.4, -0.2) is 52.7 Å². The molecule has 0 atom stereocenters. The molecule has 0 aliphatic heterocycles. The zero-order valence-electron chi connectivity index (χ0n) is 21.5. The standard InChI is InChI=1S/C28H30FN3O5/c1-17(2)24(13-21(29)14-25(33)32(4)15-26(34)35)27-30-28(37-31-27)19-10-11-23(20(12-19)16-36-5)22-9-7-6-8-18(22)3/h6-14,17H,15-16H2,1-5H3,(H,34,35)/b21-14-,24-13+. The summed E-state index contributed by atoms with van der Waals surface area (Å²) in [5.41, 5.74) is 5.34. The maximum Gasteiger partial charge on any atom is 0.323 e. The van der Waals surface area contributed by atoms with Crippen molar-refractivity contribution in [2.75, 3.05) is 20.7 Å². The summed E-state index contributed by atoms with van der Waals surface area (Å²) in [6.45, 7) is 5.57. The van der Waals surface area contributed by atoms with Gasteiger partial charge in [0.2, 0.25) is 5.91 Å². The Hall–Kier alpha value is -4.11. The topological polar surface area (TPSA) is 106 Å². The number of nitrogens with zero attached hydrogens (tertiary/aromatic N) is 3. The zero-order valence-corrected chi connectivity index (χ0v) is 21.5. The van der Waals surface area contributed by atoms with Crippen LogP contribution in [0.4, 0.5) is 4.39 Å². The Morgan fingerprint density at radius 1 is 1.16 bits per heavy atom. The van der Waals surface area contributed by atoms with Crippen molar-refractivity contribution in [1.29, 1.82) is 0 Å². The SMILES string of the molecule is COCc1cc(-c2nc(/C(=C/C(F)=C/C(=O)N(C)CC(=O)O)C(C)C)no2)ccc1-c1ccccc1C. The van der Waals surface area contributed by atoms with Gasteiger partial charge in [-0.25, -0.2) is 4.39 Å². The molecule has 1 aromatic heterocycles. The van der Waals surface area contributed by atoms with E-state index in [1.807, 2.05) is 44.2 Å². The van der Waals surface area contributed by atoms with Gasteiger partial charge in [-0.1, -0.05) is 49.3 Å². The van der Waals surface area contributed by atoms with Crippen molar-refractivity contribution < 1.29 is 28.3 Å². The molecule has 1 N–H and O–H groups in total. The van der Waals surface area contributed by atoms with E-state index in [4.69, 9.17) is 14.4 Å². The first-order valence-electron chi connectivity index (χ1n) is 11.7. The third-order valence-corrected chi connectivity index (χ3v) is 5.70. The quantitative estimate of drug-likeness (QED) is 0.293. The number of likely N-dealkylation sites (N-methyl/N-ethyl adjacent to an activating group) is 1. The lowest BCUT2D eigenvalue weighted by Crippen LogP contribution is -2.30. The van der Waals surface area contributed by atoms with Crippen molar-refractivity contribution in [3.8, 4) is 22.6 Å². The molecule has 8 nitrogen and oxygen atoms in total.